The molecule has 0 aliphatic carbocycles. The zero-order valence-electron chi connectivity index (χ0n) is 16.9. The number of piperidine rings is 1. The van der Waals surface area contributed by atoms with Crippen LogP contribution in [0.5, 0.6) is 11.5 Å². The van der Waals surface area contributed by atoms with E-state index in [2.05, 4.69) is 13.8 Å². The molecular weight excluding hydrogens is 382 g/mol. The lowest BCUT2D eigenvalue weighted by atomic mass is 10.00. The Morgan fingerprint density at radius 1 is 1.29 bits per heavy atom. The number of ether oxygens (including phenoxy) is 4. The second-order valence-corrected chi connectivity index (χ2v) is 8.10. The van der Waals surface area contributed by atoms with Gasteiger partial charge in [0.15, 0.2) is 17.8 Å². The number of benzene rings is 1. The molecule has 0 bridgehead atoms. The fourth-order valence-corrected chi connectivity index (χ4v) is 3.90. The maximum absolute atomic E-state index is 13.3. The smallest absolute Gasteiger partial charge is 0.254 e. The van der Waals surface area contributed by atoms with Crippen LogP contribution in [0.15, 0.2) is 12.1 Å². The molecule has 1 aromatic rings. The first-order valence-electron chi connectivity index (χ1n) is 10.1. The molecule has 0 N–H and O–H groups in total. The first-order chi connectivity index (χ1) is 13.5. The Morgan fingerprint density at radius 3 is 2.71 bits per heavy atom. The van der Waals surface area contributed by atoms with E-state index in [0.29, 0.717) is 54.4 Å². The molecule has 2 saturated heterocycles. The molecule has 3 rings (SSSR count). The van der Waals surface area contributed by atoms with Gasteiger partial charge in [-0.3, -0.25) is 4.79 Å². The quantitative estimate of drug-likeness (QED) is 0.674. The third-order valence-electron chi connectivity index (χ3n) is 5.19. The van der Waals surface area contributed by atoms with Gasteiger partial charge in [0.25, 0.3) is 5.91 Å². The lowest BCUT2D eigenvalue weighted by Gasteiger charge is -2.38. The van der Waals surface area contributed by atoms with E-state index >= 15 is 0 Å². The Kier molecular flexibility index (Phi) is 7.43. The SMILES string of the molecule is COc1cc(C(=O)N2CCCCC2C2OCCO2)cc(Cl)c1OCCC(C)C. The summed E-state index contributed by atoms with van der Waals surface area (Å²) in [6.45, 7) is 6.65. The highest BCUT2D eigenvalue weighted by atomic mass is 35.5. The average molecular weight is 412 g/mol. The molecular formula is C21H30ClNO5. The summed E-state index contributed by atoms with van der Waals surface area (Å²) in [5.74, 6) is 1.40. The van der Waals surface area contributed by atoms with Crippen molar-refractivity contribution in [3.05, 3.63) is 22.7 Å². The Bertz CT molecular complexity index is 675. The van der Waals surface area contributed by atoms with E-state index in [0.717, 1.165) is 25.7 Å². The number of likely N-dealkylation sites (tertiary alicyclic amines) is 1. The number of carbonyl (C=O) groups is 1. The summed E-state index contributed by atoms with van der Waals surface area (Å²) < 4.78 is 22.6. The Labute approximate surface area is 172 Å². The van der Waals surface area contributed by atoms with Gasteiger partial charge >= 0.3 is 0 Å². The van der Waals surface area contributed by atoms with Crippen LogP contribution in [0.3, 0.4) is 0 Å². The third-order valence-corrected chi connectivity index (χ3v) is 5.47. The fourth-order valence-electron chi connectivity index (χ4n) is 3.64. The van der Waals surface area contributed by atoms with Crippen LogP contribution in [0.1, 0.15) is 49.9 Å². The van der Waals surface area contributed by atoms with Crippen molar-refractivity contribution in [2.45, 2.75) is 51.9 Å². The minimum atomic E-state index is -0.347. The molecule has 2 aliphatic rings. The molecule has 28 heavy (non-hydrogen) atoms. The zero-order chi connectivity index (χ0) is 20.1. The Hall–Kier alpha value is -1.50. The van der Waals surface area contributed by atoms with Gasteiger partial charge in [-0.25, -0.2) is 0 Å². The van der Waals surface area contributed by atoms with E-state index in [1.54, 1.807) is 19.2 Å². The van der Waals surface area contributed by atoms with Crippen molar-refractivity contribution >= 4 is 17.5 Å². The summed E-state index contributed by atoms with van der Waals surface area (Å²) in [4.78, 5) is 15.1. The first-order valence-corrected chi connectivity index (χ1v) is 10.4. The van der Waals surface area contributed by atoms with Crippen molar-refractivity contribution in [1.82, 2.24) is 4.90 Å². The molecule has 6 nitrogen and oxygen atoms in total. The van der Waals surface area contributed by atoms with E-state index < -0.39 is 0 Å². The van der Waals surface area contributed by atoms with Gasteiger partial charge in [-0.1, -0.05) is 25.4 Å². The number of carbonyl (C=O) groups excluding carboxylic acids is 1. The van der Waals surface area contributed by atoms with Gasteiger partial charge in [-0.05, 0) is 43.7 Å². The number of nitrogens with zero attached hydrogens (tertiary/aromatic N) is 1. The highest BCUT2D eigenvalue weighted by Gasteiger charge is 2.37. The number of amides is 1. The molecule has 1 aromatic carbocycles. The van der Waals surface area contributed by atoms with E-state index in [9.17, 15) is 4.79 Å². The second kappa shape index (κ2) is 9.81. The van der Waals surface area contributed by atoms with Gasteiger partial charge in [0.05, 0.1) is 38.0 Å². The fraction of sp³-hybridized carbons (Fsp3) is 0.667. The summed E-state index contributed by atoms with van der Waals surface area (Å²) in [6.07, 6.45) is 3.47. The van der Waals surface area contributed by atoms with Gasteiger partial charge in [-0.15, -0.1) is 0 Å². The van der Waals surface area contributed by atoms with Crippen LogP contribution in [0.2, 0.25) is 5.02 Å². The lowest BCUT2D eigenvalue weighted by Crippen LogP contribution is -2.50. The van der Waals surface area contributed by atoms with Gasteiger partial charge in [0.1, 0.15) is 0 Å². The van der Waals surface area contributed by atoms with Crippen LogP contribution in [0.25, 0.3) is 0 Å². The molecule has 7 heteroatoms. The van der Waals surface area contributed by atoms with Gasteiger partial charge in [0.2, 0.25) is 0 Å². The summed E-state index contributed by atoms with van der Waals surface area (Å²) in [5.41, 5.74) is 0.489. The molecule has 0 spiro atoms. The lowest BCUT2D eigenvalue weighted by molar-refractivity contribution is -0.100. The maximum atomic E-state index is 13.3. The van der Waals surface area contributed by atoms with E-state index in [1.807, 2.05) is 4.90 Å². The molecule has 0 saturated carbocycles. The van der Waals surface area contributed by atoms with Crippen molar-refractivity contribution in [1.29, 1.82) is 0 Å². The summed E-state index contributed by atoms with van der Waals surface area (Å²) in [6, 6.07) is 3.30. The highest BCUT2D eigenvalue weighted by Crippen LogP contribution is 2.37. The summed E-state index contributed by atoms with van der Waals surface area (Å²) in [5, 5.41) is 0.383. The van der Waals surface area contributed by atoms with Crippen molar-refractivity contribution in [2.24, 2.45) is 5.92 Å². The van der Waals surface area contributed by atoms with Crippen LogP contribution in [-0.2, 0) is 9.47 Å². The predicted octanol–water partition coefficient (Wildman–Crippen LogP) is 4.14. The van der Waals surface area contributed by atoms with Crippen molar-refractivity contribution in [3.8, 4) is 11.5 Å². The molecule has 0 radical (unpaired) electrons. The minimum Gasteiger partial charge on any atom is -0.493 e. The summed E-state index contributed by atoms with van der Waals surface area (Å²) >= 11 is 6.45. The number of methoxy groups -OCH3 is 1. The number of hydrogen-bond donors (Lipinski definition) is 0. The average Bonchev–Trinajstić information content (AvgIpc) is 3.22. The van der Waals surface area contributed by atoms with Crippen LogP contribution in [0.4, 0.5) is 0 Å². The zero-order valence-corrected chi connectivity index (χ0v) is 17.7. The minimum absolute atomic E-state index is 0.0736. The second-order valence-electron chi connectivity index (χ2n) is 7.69. The number of rotatable bonds is 7. The number of halogens is 1. The highest BCUT2D eigenvalue weighted by molar-refractivity contribution is 6.32. The van der Waals surface area contributed by atoms with Gasteiger partial charge in [-0.2, -0.15) is 0 Å². The van der Waals surface area contributed by atoms with Crippen molar-refractivity contribution in [2.75, 3.05) is 33.5 Å². The topological polar surface area (TPSA) is 57.2 Å². The molecule has 0 aromatic heterocycles. The largest absolute Gasteiger partial charge is 0.493 e. The van der Waals surface area contributed by atoms with Crippen molar-refractivity contribution in [3.63, 3.8) is 0 Å². The third kappa shape index (κ3) is 4.91. The van der Waals surface area contributed by atoms with Crippen LogP contribution >= 0.6 is 11.6 Å². The maximum Gasteiger partial charge on any atom is 0.254 e. The monoisotopic (exact) mass is 411 g/mol. The van der Waals surface area contributed by atoms with Gasteiger partial charge < -0.3 is 23.8 Å². The van der Waals surface area contributed by atoms with Crippen LogP contribution in [0, 0.1) is 5.92 Å². The summed E-state index contributed by atoms with van der Waals surface area (Å²) in [7, 11) is 1.55. The Balaban J connectivity index is 1.79. The van der Waals surface area contributed by atoms with Crippen LogP contribution in [-0.4, -0.2) is 56.6 Å². The van der Waals surface area contributed by atoms with Crippen molar-refractivity contribution < 1.29 is 23.7 Å². The van der Waals surface area contributed by atoms with E-state index in [-0.39, 0.29) is 18.2 Å². The normalized spacial score (nSPS) is 20.6. The Morgan fingerprint density at radius 2 is 2.04 bits per heavy atom. The molecule has 1 amide bonds. The molecule has 1 atom stereocenters. The molecule has 156 valence electrons. The molecule has 2 fully saturated rings. The number of hydrogen-bond acceptors (Lipinski definition) is 5. The standard InChI is InChI=1S/C21H30ClNO5/c1-14(2)7-9-26-19-16(22)12-15(13-18(19)25-3)20(24)23-8-5-4-6-17(23)21-27-10-11-28-21/h12-14,17,21H,4-11H2,1-3H3. The van der Waals surface area contributed by atoms with Gasteiger partial charge in [0, 0.05) is 12.1 Å². The van der Waals surface area contributed by atoms with E-state index in [1.165, 1.54) is 0 Å². The van der Waals surface area contributed by atoms with E-state index in [4.69, 9.17) is 30.5 Å². The predicted molar refractivity (Wildman–Crippen MR) is 107 cm³/mol. The molecule has 2 aliphatic heterocycles. The first kappa shape index (κ1) is 21.2. The molecule has 1 unspecified atom stereocenters. The molecule has 2 heterocycles. The van der Waals surface area contributed by atoms with Crippen LogP contribution < -0.4 is 9.47 Å².